The van der Waals surface area contributed by atoms with Crippen LogP contribution >= 0.6 is 23.8 Å². The molecule has 1 fully saturated rings. The van der Waals surface area contributed by atoms with Gasteiger partial charge in [-0.3, -0.25) is 4.79 Å². The number of nitrogens with zero attached hydrogens (tertiary/aromatic N) is 1. The normalized spacial score (nSPS) is 17.5. The second-order valence-corrected chi connectivity index (χ2v) is 6.14. The van der Waals surface area contributed by atoms with Gasteiger partial charge in [0, 0.05) is 18.1 Å². The van der Waals surface area contributed by atoms with Crippen LogP contribution in [0.5, 0.6) is 5.75 Å². The smallest absolute Gasteiger partial charge is 0.310 e. The number of esters is 1. The molecular weight excluding hydrogens is 336 g/mol. The molecule has 0 aliphatic carbocycles. The third-order valence-corrected chi connectivity index (χ3v) is 4.33. The molecule has 1 heterocycles. The molecule has 1 aliphatic heterocycles. The minimum atomic E-state index is -0.152. The number of ether oxygens (including phenoxy) is 2. The van der Waals surface area contributed by atoms with Crippen LogP contribution in [-0.4, -0.2) is 42.8 Å². The van der Waals surface area contributed by atoms with Gasteiger partial charge in [-0.1, -0.05) is 11.6 Å². The summed E-state index contributed by atoms with van der Waals surface area (Å²) in [5, 5.41) is 4.31. The number of carbonyl (C=O) groups is 1. The van der Waals surface area contributed by atoms with Gasteiger partial charge >= 0.3 is 5.97 Å². The first-order chi connectivity index (χ1) is 11.0. The monoisotopic (exact) mass is 356 g/mol. The fourth-order valence-electron chi connectivity index (χ4n) is 2.59. The number of methoxy groups -OCH3 is 1. The molecule has 0 bridgehead atoms. The Balaban J connectivity index is 2.03. The molecule has 0 aromatic heterocycles. The van der Waals surface area contributed by atoms with Crippen LogP contribution in [0, 0.1) is 5.92 Å². The lowest BCUT2D eigenvalue weighted by atomic mass is 9.98. The fraction of sp³-hybridized carbons (Fsp3) is 0.500. The molecule has 1 aromatic rings. The molecule has 0 spiro atoms. The van der Waals surface area contributed by atoms with Crippen molar-refractivity contribution in [2.75, 3.05) is 32.1 Å². The van der Waals surface area contributed by atoms with Crippen molar-refractivity contribution in [3.8, 4) is 5.75 Å². The van der Waals surface area contributed by atoms with Gasteiger partial charge in [-0.15, -0.1) is 0 Å². The number of carbonyl (C=O) groups excluding carboxylic acids is 1. The zero-order valence-electron chi connectivity index (χ0n) is 13.3. The topological polar surface area (TPSA) is 50.8 Å². The highest BCUT2D eigenvalue weighted by molar-refractivity contribution is 7.80. The molecule has 0 unspecified atom stereocenters. The predicted molar refractivity (Wildman–Crippen MR) is 95.2 cm³/mol. The van der Waals surface area contributed by atoms with E-state index in [-0.39, 0.29) is 11.9 Å². The molecule has 23 heavy (non-hydrogen) atoms. The van der Waals surface area contributed by atoms with E-state index in [0.717, 1.165) is 19.4 Å². The van der Waals surface area contributed by atoms with E-state index in [4.69, 9.17) is 33.3 Å². The first kappa shape index (κ1) is 17.8. The van der Waals surface area contributed by atoms with Gasteiger partial charge in [0.05, 0.1) is 25.3 Å². The van der Waals surface area contributed by atoms with Crippen LogP contribution in [0.3, 0.4) is 0 Å². The maximum Gasteiger partial charge on any atom is 0.310 e. The average molecular weight is 357 g/mol. The third-order valence-electron chi connectivity index (χ3n) is 3.73. The van der Waals surface area contributed by atoms with E-state index in [9.17, 15) is 4.79 Å². The molecule has 126 valence electrons. The quantitative estimate of drug-likeness (QED) is 0.659. The van der Waals surface area contributed by atoms with Gasteiger partial charge in [0.15, 0.2) is 5.11 Å². The number of rotatable bonds is 4. The number of nitrogens with one attached hydrogen (secondary N) is 1. The first-order valence-corrected chi connectivity index (χ1v) is 8.39. The summed E-state index contributed by atoms with van der Waals surface area (Å²) in [6, 6.07) is 5.30. The Bertz CT molecular complexity index is 582. The molecule has 1 saturated heterocycles. The lowest BCUT2D eigenvalue weighted by molar-refractivity contribution is -0.149. The number of anilines is 1. The Kier molecular flexibility index (Phi) is 6.47. The number of thiocarbonyl (C=S) groups is 1. The van der Waals surface area contributed by atoms with Gasteiger partial charge in [-0.2, -0.15) is 0 Å². The van der Waals surface area contributed by atoms with E-state index in [1.54, 1.807) is 25.3 Å². The zero-order chi connectivity index (χ0) is 16.8. The van der Waals surface area contributed by atoms with Crippen molar-refractivity contribution in [1.29, 1.82) is 0 Å². The maximum absolute atomic E-state index is 11.9. The summed E-state index contributed by atoms with van der Waals surface area (Å²) in [5.41, 5.74) is 0.711. The molecule has 0 amide bonds. The Morgan fingerprint density at radius 3 is 3.00 bits per heavy atom. The van der Waals surface area contributed by atoms with Crippen LogP contribution in [0.15, 0.2) is 18.2 Å². The molecule has 0 radical (unpaired) electrons. The maximum atomic E-state index is 11.9. The minimum Gasteiger partial charge on any atom is -0.495 e. The largest absolute Gasteiger partial charge is 0.495 e. The van der Waals surface area contributed by atoms with Crippen molar-refractivity contribution in [2.24, 2.45) is 5.92 Å². The van der Waals surface area contributed by atoms with Crippen LogP contribution in [0.2, 0.25) is 5.02 Å². The van der Waals surface area contributed by atoms with Gasteiger partial charge < -0.3 is 19.7 Å². The van der Waals surface area contributed by atoms with Crippen LogP contribution in [-0.2, 0) is 9.53 Å². The number of halogens is 1. The summed E-state index contributed by atoms with van der Waals surface area (Å²) < 4.78 is 10.4. The lowest BCUT2D eigenvalue weighted by Crippen LogP contribution is -2.44. The Hall–Kier alpha value is -1.53. The molecule has 0 saturated carbocycles. The second-order valence-electron chi connectivity index (χ2n) is 5.31. The lowest BCUT2D eigenvalue weighted by Gasteiger charge is -2.33. The molecule has 2 rings (SSSR count). The summed E-state index contributed by atoms with van der Waals surface area (Å²) in [4.78, 5) is 13.9. The Labute approximate surface area is 146 Å². The number of hydrogen-bond acceptors (Lipinski definition) is 4. The Morgan fingerprint density at radius 2 is 2.30 bits per heavy atom. The molecule has 1 aromatic carbocycles. The molecule has 5 nitrogen and oxygen atoms in total. The van der Waals surface area contributed by atoms with Crippen LogP contribution in [0.4, 0.5) is 5.69 Å². The molecular formula is C16H21ClN2O3S. The van der Waals surface area contributed by atoms with Crippen LogP contribution < -0.4 is 10.1 Å². The highest BCUT2D eigenvalue weighted by atomic mass is 35.5. The minimum absolute atomic E-state index is 0.135. The van der Waals surface area contributed by atoms with Gasteiger partial charge in [0.2, 0.25) is 0 Å². The van der Waals surface area contributed by atoms with Gasteiger partial charge in [0.1, 0.15) is 5.75 Å². The average Bonchev–Trinajstić information content (AvgIpc) is 2.55. The van der Waals surface area contributed by atoms with Crippen molar-refractivity contribution in [1.82, 2.24) is 4.90 Å². The SMILES string of the molecule is CCOC(=O)[C@@H]1CCCN(C(=S)Nc2cc(Cl)ccc2OC)C1. The van der Waals surface area contributed by atoms with Crippen molar-refractivity contribution < 1.29 is 14.3 Å². The summed E-state index contributed by atoms with van der Waals surface area (Å²) in [6.07, 6.45) is 1.73. The predicted octanol–water partition coefficient (Wildman–Crippen LogP) is 3.32. The van der Waals surface area contributed by atoms with E-state index in [1.165, 1.54) is 0 Å². The summed E-state index contributed by atoms with van der Waals surface area (Å²) in [5.74, 6) is 0.376. The van der Waals surface area contributed by atoms with Crippen LogP contribution in [0.1, 0.15) is 19.8 Å². The highest BCUT2D eigenvalue weighted by Crippen LogP contribution is 2.28. The number of likely N-dealkylation sites (tertiary alicyclic amines) is 1. The van der Waals surface area contributed by atoms with Crippen molar-refractivity contribution in [3.05, 3.63) is 23.2 Å². The van der Waals surface area contributed by atoms with E-state index in [2.05, 4.69) is 5.32 Å². The van der Waals surface area contributed by atoms with E-state index in [1.807, 2.05) is 11.8 Å². The second kappa shape index (κ2) is 8.36. The molecule has 7 heteroatoms. The Morgan fingerprint density at radius 1 is 1.52 bits per heavy atom. The summed E-state index contributed by atoms with van der Waals surface area (Å²) >= 11 is 11.5. The van der Waals surface area contributed by atoms with Crippen molar-refractivity contribution in [2.45, 2.75) is 19.8 Å². The third kappa shape index (κ3) is 4.72. The fourth-order valence-corrected chi connectivity index (χ4v) is 3.03. The van der Waals surface area contributed by atoms with Crippen molar-refractivity contribution in [3.63, 3.8) is 0 Å². The van der Waals surface area contributed by atoms with E-state index in [0.29, 0.717) is 34.7 Å². The standard InChI is InChI=1S/C16H21ClN2O3S/c1-3-22-15(20)11-5-4-8-19(10-11)16(23)18-13-9-12(17)6-7-14(13)21-2/h6-7,9,11H,3-5,8,10H2,1-2H3,(H,18,23)/t11-/m1/s1. The summed E-state index contributed by atoms with van der Waals surface area (Å²) in [6.45, 7) is 3.59. The number of hydrogen-bond donors (Lipinski definition) is 1. The van der Waals surface area contributed by atoms with Crippen LogP contribution in [0.25, 0.3) is 0 Å². The van der Waals surface area contributed by atoms with Gasteiger partial charge in [-0.05, 0) is 50.2 Å². The highest BCUT2D eigenvalue weighted by Gasteiger charge is 2.28. The van der Waals surface area contributed by atoms with E-state index >= 15 is 0 Å². The van der Waals surface area contributed by atoms with Gasteiger partial charge in [-0.25, -0.2) is 0 Å². The molecule has 1 atom stereocenters. The van der Waals surface area contributed by atoms with Crippen molar-refractivity contribution >= 4 is 40.6 Å². The summed E-state index contributed by atoms with van der Waals surface area (Å²) in [7, 11) is 1.59. The number of benzene rings is 1. The molecule has 1 aliphatic rings. The molecule has 1 N–H and O–H groups in total. The first-order valence-electron chi connectivity index (χ1n) is 7.61. The van der Waals surface area contributed by atoms with Gasteiger partial charge in [0.25, 0.3) is 0 Å². The number of piperidine rings is 1. The van der Waals surface area contributed by atoms with E-state index < -0.39 is 0 Å². The zero-order valence-corrected chi connectivity index (χ0v) is 14.9.